The number of nitrogens with zero attached hydrogens (tertiary/aromatic N) is 4. The molecule has 1 aliphatic rings. The number of benzene rings is 1. The fraction of sp³-hybridized carbons (Fsp3) is 0.250. The summed E-state index contributed by atoms with van der Waals surface area (Å²) in [6.07, 6.45) is 2.91. The van der Waals surface area contributed by atoms with E-state index in [4.69, 9.17) is 0 Å². The molecule has 7 heteroatoms. The van der Waals surface area contributed by atoms with E-state index in [0.29, 0.717) is 12.2 Å². The average Bonchev–Trinajstić information content (AvgIpc) is 3.16. The van der Waals surface area contributed by atoms with Crippen molar-refractivity contribution < 1.29 is 4.79 Å². The molecule has 3 heterocycles. The predicted octanol–water partition coefficient (Wildman–Crippen LogP) is 2.13. The van der Waals surface area contributed by atoms with E-state index in [1.165, 1.54) is 6.33 Å². The van der Waals surface area contributed by atoms with Crippen molar-refractivity contribution in [2.24, 2.45) is 0 Å². The van der Waals surface area contributed by atoms with Gasteiger partial charge in [-0.15, -0.1) is 0 Å². The smallest absolute Gasteiger partial charge is 0.254 e. The number of fused-ring (bicyclic) bond motifs is 1. The van der Waals surface area contributed by atoms with Crippen LogP contribution in [0.25, 0.3) is 5.78 Å². The van der Waals surface area contributed by atoms with E-state index in [0.717, 1.165) is 29.2 Å². The summed E-state index contributed by atoms with van der Waals surface area (Å²) in [5.41, 5.74) is 2.90. The van der Waals surface area contributed by atoms with Crippen LogP contribution in [0.15, 0.2) is 36.7 Å². The first-order chi connectivity index (χ1) is 11.2. The zero-order valence-electron chi connectivity index (χ0n) is 12.7. The van der Waals surface area contributed by atoms with Crippen molar-refractivity contribution in [3.05, 3.63) is 47.9 Å². The Balaban J connectivity index is 1.66. The quantitative estimate of drug-likeness (QED) is 0.774. The lowest BCUT2D eigenvalue weighted by Crippen LogP contribution is -2.18. The SMILES string of the molecule is Cc1cc(Nc2cccc(C3CCC(=O)N3)c2)n2ncnc2n1. The maximum absolute atomic E-state index is 11.4. The highest BCUT2D eigenvalue weighted by Gasteiger charge is 2.22. The molecule has 2 aromatic heterocycles. The molecule has 4 rings (SSSR count). The predicted molar refractivity (Wildman–Crippen MR) is 85.4 cm³/mol. The highest BCUT2D eigenvalue weighted by Crippen LogP contribution is 2.27. The molecule has 3 aromatic rings. The van der Waals surface area contributed by atoms with Crippen molar-refractivity contribution in [2.75, 3.05) is 5.32 Å². The average molecular weight is 308 g/mol. The molecule has 2 N–H and O–H groups in total. The van der Waals surface area contributed by atoms with E-state index in [1.54, 1.807) is 4.52 Å². The van der Waals surface area contributed by atoms with E-state index in [-0.39, 0.29) is 11.9 Å². The van der Waals surface area contributed by atoms with Gasteiger partial charge in [0.05, 0.1) is 6.04 Å². The maximum atomic E-state index is 11.4. The molecule has 1 saturated heterocycles. The number of hydrogen-bond acceptors (Lipinski definition) is 5. The molecule has 1 atom stereocenters. The summed E-state index contributed by atoms with van der Waals surface area (Å²) < 4.78 is 1.66. The van der Waals surface area contributed by atoms with Gasteiger partial charge in [-0.2, -0.15) is 14.6 Å². The number of aryl methyl sites for hydroxylation is 1. The van der Waals surface area contributed by atoms with Gasteiger partial charge >= 0.3 is 0 Å². The Morgan fingerprint density at radius 2 is 2.26 bits per heavy atom. The third-order valence-electron chi connectivity index (χ3n) is 3.94. The first kappa shape index (κ1) is 13.7. The number of hydrogen-bond donors (Lipinski definition) is 2. The molecule has 0 saturated carbocycles. The van der Waals surface area contributed by atoms with Gasteiger partial charge in [-0.25, -0.2) is 4.98 Å². The molecule has 7 nitrogen and oxygen atoms in total. The molecule has 1 aromatic carbocycles. The summed E-state index contributed by atoms with van der Waals surface area (Å²) in [4.78, 5) is 19.9. The van der Waals surface area contributed by atoms with E-state index in [1.807, 2.05) is 31.2 Å². The van der Waals surface area contributed by atoms with Crippen molar-refractivity contribution in [1.29, 1.82) is 0 Å². The second-order valence-electron chi connectivity index (χ2n) is 5.66. The van der Waals surface area contributed by atoms with Crippen molar-refractivity contribution in [1.82, 2.24) is 24.9 Å². The number of carbonyl (C=O) groups is 1. The lowest BCUT2D eigenvalue weighted by atomic mass is 10.0. The minimum Gasteiger partial charge on any atom is -0.349 e. The van der Waals surface area contributed by atoms with Crippen molar-refractivity contribution in [2.45, 2.75) is 25.8 Å². The molecule has 1 unspecified atom stereocenters. The van der Waals surface area contributed by atoms with Gasteiger partial charge in [-0.3, -0.25) is 4.79 Å². The van der Waals surface area contributed by atoms with Gasteiger partial charge in [-0.05, 0) is 31.0 Å². The van der Waals surface area contributed by atoms with Gasteiger partial charge in [-0.1, -0.05) is 12.1 Å². The van der Waals surface area contributed by atoms with Crippen molar-refractivity contribution >= 4 is 23.2 Å². The molecular formula is C16H16N6O. The van der Waals surface area contributed by atoms with Gasteiger partial charge in [0.2, 0.25) is 5.91 Å². The molecule has 116 valence electrons. The number of nitrogens with one attached hydrogen (secondary N) is 2. The Kier molecular flexibility index (Phi) is 3.18. The van der Waals surface area contributed by atoms with E-state index >= 15 is 0 Å². The lowest BCUT2D eigenvalue weighted by Gasteiger charge is -2.13. The molecule has 0 radical (unpaired) electrons. The Morgan fingerprint density at radius 3 is 3.09 bits per heavy atom. The van der Waals surface area contributed by atoms with Crippen molar-refractivity contribution in [3.63, 3.8) is 0 Å². The second kappa shape index (κ2) is 5.35. The molecule has 0 bridgehead atoms. The Labute approximate surface area is 132 Å². The third kappa shape index (κ3) is 2.61. The summed E-state index contributed by atoms with van der Waals surface area (Å²) in [6, 6.07) is 10.1. The Hall–Kier alpha value is -2.96. The summed E-state index contributed by atoms with van der Waals surface area (Å²) in [5.74, 6) is 1.48. The molecule has 1 amide bonds. The Bertz CT molecular complexity index is 887. The van der Waals surface area contributed by atoms with Gasteiger partial charge in [0.1, 0.15) is 12.1 Å². The monoisotopic (exact) mass is 308 g/mol. The number of rotatable bonds is 3. The maximum Gasteiger partial charge on any atom is 0.254 e. The fourth-order valence-electron chi connectivity index (χ4n) is 2.86. The number of aromatic nitrogens is 4. The molecule has 0 aliphatic carbocycles. The van der Waals surface area contributed by atoms with Gasteiger partial charge in [0, 0.05) is 23.9 Å². The summed E-state index contributed by atoms with van der Waals surface area (Å²) in [7, 11) is 0. The van der Waals surface area contributed by atoms with Crippen LogP contribution in [0, 0.1) is 6.92 Å². The topological polar surface area (TPSA) is 84.2 Å². The fourth-order valence-corrected chi connectivity index (χ4v) is 2.86. The zero-order chi connectivity index (χ0) is 15.8. The number of amides is 1. The van der Waals surface area contributed by atoms with E-state index in [2.05, 4.69) is 31.8 Å². The van der Waals surface area contributed by atoms with E-state index < -0.39 is 0 Å². The van der Waals surface area contributed by atoms with Crippen LogP contribution in [0.4, 0.5) is 11.5 Å². The number of anilines is 2. The van der Waals surface area contributed by atoms with Crippen LogP contribution in [0.5, 0.6) is 0 Å². The largest absolute Gasteiger partial charge is 0.349 e. The standard InChI is InChI=1S/C16H16N6O/c1-10-7-14(22-16(19-10)17-9-18-22)20-12-4-2-3-11(8-12)13-5-6-15(23)21-13/h2-4,7-9,13,20H,5-6H2,1H3,(H,21,23). The van der Waals surface area contributed by atoms with Crippen LogP contribution < -0.4 is 10.6 Å². The van der Waals surface area contributed by atoms with Crippen LogP contribution in [-0.4, -0.2) is 25.5 Å². The second-order valence-corrected chi connectivity index (χ2v) is 5.66. The van der Waals surface area contributed by atoms with Gasteiger partial charge in [0.15, 0.2) is 0 Å². The molecular weight excluding hydrogens is 292 g/mol. The van der Waals surface area contributed by atoms with Crippen molar-refractivity contribution in [3.8, 4) is 0 Å². The minimum absolute atomic E-state index is 0.0924. The van der Waals surface area contributed by atoms with Crippen LogP contribution in [0.3, 0.4) is 0 Å². The van der Waals surface area contributed by atoms with Crippen LogP contribution in [0.1, 0.15) is 30.1 Å². The van der Waals surface area contributed by atoms with Crippen LogP contribution >= 0.6 is 0 Å². The highest BCUT2D eigenvalue weighted by molar-refractivity contribution is 5.78. The first-order valence-electron chi connectivity index (χ1n) is 7.53. The van der Waals surface area contributed by atoms with Gasteiger partial charge in [0.25, 0.3) is 5.78 Å². The molecule has 23 heavy (non-hydrogen) atoms. The van der Waals surface area contributed by atoms with Crippen LogP contribution in [0.2, 0.25) is 0 Å². The first-order valence-corrected chi connectivity index (χ1v) is 7.53. The highest BCUT2D eigenvalue weighted by atomic mass is 16.1. The summed E-state index contributed by atoms with van der Waals surface area (Å²) in [6.45, 7) is 1.92. The normalized spacial score (nSPS) is 17.4. The van der Waals surface area contributed by atoms with Crippen LogP contribution in [-0.2, 0) is 4.79 Å². The molecule has 0 spiro atoms. The Morgan fingerprint density at radius 1 is 1.35 bits per heavy atom. The van der Waals surface area contributed by atoms with Gasteiger partial charge < -0.3 is 10.6 Å². The summed E-state index contributed by atoms with van der Waals surface area (Å²) in [5, 5.41) is 10.5. The molecule has 1 aliphatic heterocycles. The van der Waals surface area contributed by atoms with E-state index in [9.17, 15) is 4.79 Å². The number of carbonyl (C=O) groups excluding carboxylic acids is 1. The lowest BCUT2D eigenvalue weighted by molar-refractivity contribution is -0.119. The third-order valence-corrected chi connectivity index (χ3v) is 3.94. The molecule has 1 fully saturated rings. The minimum atomic E-state index is 0.0924. The summed E-state index contributed by atoms with van der Waals surface area (Å²) >= 11 is 0. The zero-order valence-corrected chi connectivity index (χ0v) is 12.7.